The number of amides is 1. The molecule has 4 heteroatoms. The van der Waals surface area contributed by atoms with Crippen molar-refractivity contribution in [3.63, 3.8) is 0 Å². The summed E-state index contributed by atoms with van der Waals surface area (Å²) < 4.78 is 13.0. The predicted octanol–water partition coefficient (Wildman–Crippen LogP) is 3.84. The number of halogens is 1. The number of rotatable bonds is 4. The fourth-order valence-corrected chi connectivity index (χ4v) is 3.28. The van der Waals surface area contributed by atoms with Gasteiger partial charge in [0.1, 0.15) is 5.82 Å². The molecule has 3 nitrogen and oxygen atoms in total. The molecule has 2 aromatic carbocycles. The van der Waals surface area contributed by atoms with Gasteiger partial charge in [0.05, 0.1) is 12.6 Å². The first kappa shape index (κ1) is 16.5. The van der Waals surface area contributed by atoms with Crippen molar-refractivity contribution < 1.29 is 9.18 Å². The van der Waals surface area contributed by atoms with Crippen LogP contribution in [0.25, 0.3) is 0 Å². The monoisotopic (exact) mass is 326 g/mol. The minimum atomic E-state index is -0.268. The summed E-state index contributed by atoms with van der Waals surface area (Å²) in [5.41, 5.74) is 3.35. The second kappa shape index (κ2) is 7.04. The Morgan fingerprint density at radius 2 is 1.96 bits per heavy atom. The van der Waals surface area contributed by atoms with Crippen LogP contribution in [-0.4, -0.2) is 18.5 Å². The van der Waals surface area contributed by atoms with Crippen LogP contribution in [-0.2, 0) is 11.2 Å². The maximum absolute atomic E-state index is 13.0. The standard InChI is InChI=1S/C20H23FN2O/c1-14-7-8-17-5-3-4-6-19(17)23(14)13-20(24)22-15(2)16-9-11-18(21)12-10-16/h3-6,9-12,14-15H,7-8,13H2,1-2H3,(H,22,24)/t14-,15+/m1/s1. The van der Waals surface area contributed by atoms with Gasteiger partial charge in [-0.25, -0.2) is 4.39 Å². The van der Waals surface area contributed by atoms with Crippen LogP contribution < -0.4 is 10.2 Å². The minimum absolute atomic E-state index is 0.0182. The summed E-state index contributed by atoms with van der Waals surface area (Å²) in [6.07, 6.45) is 2.11. The third-order valence-corrected chi connectivity index (χ3v) is 4.73. The number of benzene rings is 2. The van der Waals surface area contributed by atoms with Gasteiger partial charge < -0.3 is 10.2 Å². The number of nitrogens with one attached hydrogen (secondary N) is 1. The number of para-hydroxylation sites is 1. The Balaban J connectivity index is 1.67. The molecule has 1 amide bonds. The molecule has 2 atom stereocenters. The smallest absolute Gasteiger partial charge is 0.240 e. The average Bonchev–Trinajstić information content (AvgIpc) is 2.58. The van der Waals surface area contributed by atoms with Gasteiger partial charge in [-0.05, 0) is 56.0 Å². The van der Waals surface area contributed by atoms with Gasteiger partial charge in [0, 0.05) is 11.7 Å². The van der Waals surface area contributed by atoms with Gasteiger partial charge >= 0.3 is 0 Å². The molecule has 0 aromatic heterocycles. The highest BCUT2D eigenvalue weighted by Gasteiger charge is 2.24. The Hall–Kier alpha value is -2.36. The normalized spacial score (nSPS) is 18.0. The molecule has 2 aromatic rings. The number of fused-ring (bicyclic) bond motifs is 1. The molecule has 0 spiro atoms. The molecule has 0 saturated carbocycles. The third-order valence-electron chi connectivity index (χ3n) is 4.73. The van der Waals surface area contributed by atoms with Crippen LogP contribution in [0.2, 0.25) is 0 Å². The lowest BCUT2D eigenvalue weighted by atomic mass is 9.96. The topological polar surface area (TPSA) is 32.3 Å². The van der Waals surface area contributed by atoms with Crippen molar-refractivity contribution in [1.82, 2.24) is 5.32 Å². The molecular weight excluding hydrogens is 303 g/mol. The summed E-state index contributed by atoms with van der Waals surface area (Å²) in [7, 11) is 0. The van der Waals surface area contributed by atoms with Crippen molar-refractivity contribution in [3.05, 3.63) is 65.5 Å². The molecule has 0 bridgehead atoms. The Kier molecular flexibility index (Phi) is 4.84. The molecule has 24 heavy (non-hydrogen) atoms. The first-order valence-corrected chi connectivity index (χ1v) is 8.44. The van der Waals surface area contributed by atoms with Gasteiger partial charge in [-0.1, -0.05) is 30.3 Å². The number of carbonyl (C=O) groups is 1. The van der Waals surface area contributed by atoms with E-state index >= 15 is 0 Å². The van der Waals surface area contributed by atoms with Gasteiger partial charge in [0.25, 0.3) is 0 Å². The lowest BCUT2D eigenvalue weighted by Crippen LogP contribution is -2.44. The Bertz CT molecular complexity index is 714. The molecule has 126 valence electrons. The lowest BCUT2D eigenvalue weighted by molar-refractivity contribution is -0.120. The summed E-state index contributed by atoms with van der Waals surface area (Å²) in [4.78, 5) is 14.7. The number of carbonyl (C=O) groups excluding carboxylic acids is 1. The van der Waals surface area contributed by atoms with Crippen LogP contribution >= 0.6 is 0 Å². The van der Waals surface area contributed by atoms with Gasteiger partial charge in [0.2, 0.25) is 5.91 Å². The van der Waals surface area contributed by atoms with E-state index in [1.807, 2.05) is 19.1 Å². The Morgan fingerprint density at radius 3 is 2.71 bits per heavy atom. The zero-order valence-electron chi connectivity index (χ0n) is 14.1. The second-order valence-electron chi connectivity index (χ2n) is 6.49. The molecule has 1 aliphatic heterocycles. The quantitative estimate of drug-likeness (QED) is 0.926. The van der Waals surface area contributed by atoms with Crippen LogP contribution in [0.3, 0.4) is 0 Å². The summed E-state index contributed by atoms with van der Waals surface area (Å²) in [6, 6.07) is 14.7. The molecule has 1 aliphatic rings. The van der Waals surface area contributed by atoms with Crippen LogP contribution in [0, 0.1) is 5.82 Å². The molecule has 1 heterocycles. The summed E-state index contributed by atoms with van der Waals surface area (Å²) in [5.74, 6) is -0.286. The minimum Gasteiger partial charge on any atom is -0.359 e. The van der Waals surface area contributed by atoms with Crippen LogP contribution in [0.1, 0.15) is 37.4 Å². The van der Waals surface area contributed by atoms with E-state index in [9.17, 15) is 9.18 Å². The first-order valence-electron chi connectivity index (χ1n) is 8.44. The number of hydrogen-bond acceptors (Lipinski definition) is 2. The van der Waals surface area contributed by atoms with Crippen molar-refractivity contribution in [3.8, 4) is 0 Å². The second-order valence-corrected chi connectivity index (χ2v) is 6.49. The van der Waals surface area contributed by atoms with Crippen LogP contribution in [0.15, 0.2) is 48.5 Å². The fourth-order valence-electron chi connectivity index (χ4n) is 3.28. The molecule has 0 saturated heterocycles. The lowest BCUT2D eigenvalue weighted by Gasteiger charge is -2.36. The van der Waals surface area contributed by atoms with Gasteiger partial charge in [-0.2, -0.15) is 0 Å². The number of nitrogens with zero attached hydrogens (tertiary/aromatic N) is 1. The largest absolute Gasteiger partial charge is 0.359 e. The van der Waals surface area contributed by atoms with E-state index in [1.165, 1.54) is 17.7 Å². The van der Waals surface area contributed by atoms with E-state index in [2.05, 4.69) is 29.3 Å². The Morgan fingerprint density at radius 1 is 1.25 bits per heavy atom. The zero-order valence-corrected chi connectivity index (χ0v) is 14.1. The Labute approximate surface area is 142 Å². The van der Waals surface area contributed by atoms with E-state index in [-0.39, 0.29) is 17.8 Å². The number of anilines is 1. The van der Waals surface area contributed by atoms with E-state index in [1.54, 1.807) is 12.1 Å². The molecule has 0 unspecified atom stereocenters. The van der Waals surface area contributed by atoms with Crippen molar-refractivity contribution >= 4 is 11.6 Å². The highest BCUT2D eigenvalue weighted by atomic mass is 19.1. The summed E-state index contributed by atoms with van der Waals surface area (Å²) >= 11 is 0. The van der Waals surface area contributed by atoms with Crippen LogP contribution in [0.4, 0.5) is 10.1 Å². The molecule has 0 radical (unpaired) electrons. The third kappa shape index (κ3) is 3.58. The summed E-state index contributed by atoms with van der Waals surface area (Å²) in [6.45, 7) is 4.41. The van der Waals surface area contributed by atoms with Crippen molar-refractivity contribution in [2.24, 2.45) is 0 Å². The highest BCUT2D eigenvalue weighted by molar-refractivity contribution is 5.82. The van der Waals surface area contributed by atoms with E-state index in [0.29, 0.717) is 12.6 Å². The van der Waals surface area contributed by atoms with E-state index in [4.69, 9.17) is 0 Å². The first-order chi connectivity index (χ1) is 11.5. The molecule has 0 aliphatic carbocycles. The SMILES string of the molecule is C[C@H](NC(=O)CN1c2ccccc2CC[C@H]1C)c1ccc(F)cc1. The fraction of sp³-hybridized carbons (Fsp3) is 0.350. The van der Waals surface area contributed by atoms with E-state index < -0.39 is 0 Å². The van der Waals surface area contributed by atoms with Crippen molar-refractivity contribution in [2.45, 2.75) is 38.8 Å². The predicted molar refractivity (Wildman–Crippen MR) is 94.5 cm³/mol. The van der Waals surface area contributed by atoms with Gasteiger partial charge in [-0.3, -0.25) is 4.79 Å². The maximum atomic E-state index is 13.0. The van der Waals surface area contributed by atoms with Crippen molar-refractivity contribution in [1.29, 1.82) is 0 Å². The maximum Gasteiger partial charge on any atom is 0.240 e. The average molecular weight is 326 g/mol. The molecule has 1 N–H and O–H groups in total. The number of hydrogen-bond donors (Lipinski definition) is 1. The van der Waals surface area contributed by atoms with E-state index in [0.717, 1.165) is 24.1 Å². The highest BCUT2D eigenvalue weighted by Crippen LogP contribution is 2.30. The number of aryl methyl sites for hydroxylation is 1. The van der Waals surface area contributed by atoms with Crippen molar-refractivity contribution in [2.75, 3.05) is 11.4 Å². The molecule has 0 fully saturated rings. The van der Waals surface area contributed by atoms with Crippen LogP contribution in [0.5, 0.6) is 0 Å². The molecular formula is C20H23FN2O. The molecule has 3 rings (SSSR count). The van der Waals surface area contributed by atoms with Gasteiger partial charge in [0.15, 0.2) is 0 Å². The van der Waals surface area contributed by atoms with Gasteiger partial charge in [-0.15, -0.1) is 0 Å². The summed E-state index contributed by atoms with van der Waals surface area (Å²) in [5, 5.41) is 3.01. The zero-order chi connectivity index (χ0) is 17.1.